The number of nitrogens with zero attached hydrogens (tertiary/aromatic N) is 2. The number of carbonyl (C=O) groups excluding carboxylic acids is 1. The van der Waals surface area contributed by atoms with Crippen LogP contribution in [0.3, 0.4) is 0 Å². The van der Waals surface area contributed by atoms with Crippen LogP contribution in [0.5, 0.6) is 0 Å². The molecule has 1 atom stereocenters. The van der Waals surface area contributed by atoms with E-state index in [0.29, 0.717) is 5.69 Å². The molecule has 17 heavy (non-hydrogen) atoms. The maximum atomic E-state index is 11.3. The Balaban J connectivity index is 2.00. The number of amides is 1. The van der Waals surface area contributed by atoms with Crippen molar-refractivity contribution < 1.29 is 9.90 Å². The van der Waals surface area contributed by atoms with Crippen molar-refractivity contribution in [1.29, 1.82) is 0 Å². The molecule has 92 valence electrons. The van der Waals surface area contributed by atoms with Crippen LogP contribution in [0.1, 0.15) is 19.8 Å². The number of pyridine rings is 1. The van der Waals surface area contributed by atoms with Gasteiger partial charge in [-0.3, -0.25) is 4.79 Å². The summed E-state index contributed by atoms with van der Waals surface area (Å²) in [5, 5.41) is 11.7. The van der Waals surface area contributed by atoms with E-state index in [-0.39, 0.29) is 0 Å². The molecule has 2 rings (SSSR count). The van der Waals surface area contributed by atoms with Crippen molar-refractivity contribution >= 4 is 17.4 Å². The fourth-order valence-electron chi connectivity index (χ4n) is 1.84. The highest BCUT2D eigenvalue weighted by Gasteiger charge is 2.13. The molecule has 1 unspecified atom stereocenters. The lowest BCUT2D eigenvalue weighted by Crippen LogP contribution is -2.24. The van der Waals surface area contributed by atoms with Crippen LogP contribution in [0, 0.1) is 0 Å². The van der Waals surface area contributed by atoms with Crippen molar-refractivity contribution in [2.45, 2.75) is 25.9 Å². The molecule has 1 aliphatic rings. The lowest BCUT2D eigenvalue weighted by atomic mass is 10.3. The minimum Gasteiger partial charge on any atom is -0.384 e. The zero-order chi connectivity index (χ0) is 12.3. The number of aromatic nitrogens is 1. The molecule has 5 nitrogen and oxygen atoms in total. The highest BCUT2D eigenvalue weighted by atomic mass is 16.3. The Morgan fingerprint density at radius 1 is 1.47 bits per heavy atom. The number of rotatable bonds is 3. The van der Waals surface area contributed by atoms with E-state index in [0.717, 1.165) is 18.9 Å². The van der Waals surface area contributed by atoms with Gasteiger partial charge in [0.05, 0.1) is 11.9 Å². The minimum atomic E-state index is -1.01. The minimum absolute atomic E-state index is 0.416. The van der Waals surface area contributed by atoms with Gasteiger partial charge in [0.1, 0.15) is 11.9 Å². The summed E-state index contributed by atoms with van der Waals surface area (Å²) in [4.78, 5) is 17.8. The third-order valence-electron chi connectivity index (χ3n) is 2.82. The Hall–Kier alpha value is -1.62. The van der Waals surface area contributed by atoms with Crippen LogP contribution in [0.15, 0.2) is 18.3 Å². The van der Waals surface area contributed by atoms with Crippen molar-refractivity contribution in [2.24, 2.45) is 0 Å². The van der Waals surface area contributed by atoms with Gasteiger partial charge in [-0.1, -0.05) is 0 Å². The lowest BCUT2D eigenvalue weighted by Gasteiger charge is -2.16. The quantitative estimate of drug-likeness (QED) is 0.820. The first kappa shape index (κ1) is 11.9. The van der Waals surface area contributed by atoms with E-state index < -0.39 is 12.0 Å². The molecule has 1 fully saturated rings. The average Bonchev–Trinajstić information content (AvgIpc) is 2.83. The van der Waals surface area contributed by atoms with Gasteiger partial charge >= 0.3 is 0 Å². The normalized spacial score (nSPS) is 16.9. The topological polar surface area (TPSA) is 65.5 Å². The Morgan fingerprint density at radius 2 is 2.18 bits per heavy atom. The van der Waals surface area contributed by atoms with Crippen LogP contribution in [-0.4, -0.2) is 35.2 Å². The molecular weight excluding hydrogens is 218 g/mol. The Labute approximate surface area is 100 Å². The summed E-state index contributed by atoms with van der Waals surface area (Å²) in [7, 11) is 0. The zero-order valence-corrected chi connectivity index (χ0v) is 9.89. The summed E-state index contributed by atoms with van der Waals surface area (Å²) in [5.74, 6) is 0.526. The Kier molecular flexibility index (Phi) is 3.58. The molecule has 1 amide bonds. The molecule has 0 spiro atoms. The zero-order valence-electron chi connectivity index (χ0n) is 9.89. The lowest BCUT2D eigenvalue weighted by molar-refractivity contribution is -0.123. The number of nitrogens with one attached hydrogen (secondary N) is 1. The van der Waals surface area contributed by atoms with Crippen LogP contribution < -0.4 is 10.2 Å². The van der Waals surface area contributed by atoms with E-state index in [1.165, 1.54) is 19.8 Å². The van der Waals surface area contributed by atoms with Crippen LogP contribution in [0.4, 0.5) is 11.5 Å². The van der Waals surface area contributed by atoms with E-state index in [1.807, 2.05) is 6.07 Å². The Morgan fingerprint density at radius 3 is 2.71 bits per heavy atom. The van der Waals surface area contributed by atoms with Crippen LogP contribution in [0.2, 0.25) is 0 Å². The van der Waals surface area contributed by atoms with Crippen molar-refractivity contribution in [3.8, 4) is 0 Å². The van der Waals surface area contributed by atoms with Gasteiger partial charge in [0.15, 0.2) is 0 Å². The van der Waals surface area contributed by atoms with Crippen molar-refractivity contribution in [3.05, 3.63) is 18.3 Å². The fraction of sp³-hybridized carbons (Fsp3) is 0.500. The summed E-state index contributed by atoms with van der Waals surface area (Å²) in [5.41, 5.74) is 0.610. The number of aliphatic hydroxyl groups excluding tert-OH is 1. The van der Waals surface area contributed by atoms with Gasteiger partial charge in [0.2, 0.25) is 0 Å². The molecule has 0 aromatic carbocycles. The largest absolute Gasteiger partial charge is 0.384 e. The van der Waals surface area contributed by atoms with Gasteiger partial charge in [-0.15, -0.1) is 0 Å². The summed E-state index contributed by atoms with van der Waals surface area (Å²) in [6.45, 7) is 3.53. The van der Waals surface area contributed by atoms with E-state index in [1.54, 1.807) is 12.3 Å². The molecule has 0 radical (unpaired) electrons. The number of anilines is 2. The third-order valence-corrected chi connectivity index (χ3v) is 2.82. The molecule has 1 saturated heterocycles. The van der Waals surface area contributed by atoms with Gasteiger partial charge in [-0.25, -0.2) is 4.98 Å². The predicted octanol–water partition coefficient (Wildman–Crippen LogP) is 1.00. The Bertz CT molecular complexity index is 383. The summed E-state index contributed by atoms with van der Waals surface area (Å²) >= 11 is 0. The first-order valence-corrected chi connectivity index (χ1v) is 5.87. The van der Waals surface area contributed by atoms with E-state index >= 15 is 0 Å². The second-order valence-corrected chi connectivity index (χ2v) is 4.26. The van der Waals surface area contributed by atoms with Crippen LogP contribution in [0.25, 0.3) is 0 Å². The monoisotopic (exact) mass is 235 g/mol. The molecule has 0 aliphatic carbocycles. The van der Waals surface area contributed by atoms with Gasteiger partial charge in [-0.05, 0) is 31.9 Å². The number of hydrogen-bond donors (Lipinski definition) is 2. The van der Waals surface area contributed by atoms with Gasteiger partial charge in [-0.2, -0.15) is 0 Å². The molecule has 2 heterocycles. The summed E-state index contributed by atoms with van der Waals surface area (Å²) in [6, 6.07) is 3.70. The molecule has 0 bridgehead atoms. The number of aliphatic hydroxyl groups is 1. The number of carbonyl (C=O) groups is 1. The first-order valence-electron chi connectivity index (χ1n) is 5.87. The molecule has 0 saturated carbocycles. The van der Waals surface area contributed by atoms with Crippen LogP contribution in [-0.2, 0) is 4.79 Å². The molecule has 1 aromatic rings. The van der Waals surface area contributed by atoms with E-state index in [4.69, 9.17) is 5.11 Å². The van der Waals surface area contributed by atoms with Gasteiger partial charge in [0.25, 0.3) is 5.91 Å². The maximum Gasteiger partial charge on any atom is 0.252 e. The number of hydrogen-bond acceptors (Lipinski definition) is 4. The van der Waals surface area contributed by atoms with Crippen molar-refractivity contribution in [3.63, 3.8) is 0 Å². The molecule has 1 aliphatic heterocycles. The smallest absolute Gasteiger partial charge is 0.252 e. The predicted molar refractivity (Wildman–Crippen MR) is 66.0 cm³/mol. The van der Waals surface area contributed by atoms with Crippen molar-refractivity contribution in [2.75, 3.05) is 23.3 Å². The van der Waals surface area contributed by atoms with Gasteiger partial charge in [0, 0.05) is 13.1 Å². The SMILES string of the molecule is CC(O)C(=O)Nc1ccc(N2CCCC2)nc1. The maximum absolute atomic E-state index is 11.3. The third kappa shape index (κ3) is 2.94. The molecule has 1 aromatic heterocycles. The fourth-order valence-corrected chi connectivity index (χ4v) is 1.84. The summed E-state index contributed by atoms with van der Waals surface area (Å²) in [6.07, 6.45) is 3.03. The van der Waals surface area contributed by atoms with Crippen LogP contribution >= 0.6 is 0 Å². The highest BCUT2D eigenvalue weighted by molar-refractivity contribution is 5.93. The second kappa shape index (κ2) is 5.14. The first-order chi connectivity index (χ1) is 8.16. The molecule has 2 N–H and O–H groups in total. The van der Waals surface area contributed by atoms with Crippen molar-refractivity contribution in [1.82, 2.24) is 4.98 Å². The highest BCUT2D eigenvalue weighted by Crippen LogP contribution is 2.18. The van der Waals surface area contributed by atoms with E-state index in [2.05, 4.69) is 15.2 Å². The molecular formula is C12H17N3O2. The standard InChI is InChI=1S/C12H17N3O2/c1-9(16)12(17)14-10-4-5-11(13-8-10)15-6-2-3-7-15/h4-5,8-9,16H,2-3,6-7H2,1H3,(H,14,17). The summed E-state index contributed by atoms with van der Waals surface area (Å²) < 4.78 is 0. The van der Waals surface area contributed by atoms with E-state index in [9.17, 15) is 4.79 Å². The van der Waals surface area contributed by atoms with Gasteiger partial charge < -0.3 is 15.3 Å². The molecule has 5 heteroatoms. The second-order valence-electron chi connectivity index (χ2n) is 4.26. The average molecular weight is 235 g/mol.